The van der Waals surface area contributed by atoms with Gasteiger partial charge in [-0.05, 0) is 41.1 Å². The molecular weight excluding hydrogens is 332 g/mol. The summed E-state index contributed by atoms with van der Waals surface area (Å²) in [6.45, 7) is 1.81. The highest BCUT2D eigenvalue weighted by Crippen LogP contribution is 2.25. The van der Waals surface area contributed by atoms with Gasteiger partial charge in [-0.15, -0.1) is 11.3 Å². The quantitative estimate of drug-likeness (QED) is 0.635. The zero-order valence-corrected chi connectivity index (χ0v) is 14.7. The SMILES string of the molecule is C[C@@](O)(CNC(=O)Nc1cccs1)c1ccc(-c2ccccc2)cc1. The molecule has 0 bridgehead atoms. The summed E-state index contributed by atoms with van der Waals surface area (Å²) in [6, 6.07) is 21.2. The molecule has 0 aliphatic carbocycles. The highest BCUT2D eigenvalue weighted by molar-refractivity contribution is 7.14. The van der Waals surface area contributed by atoms with Crippen LogP contribution in [0, 0.1) is 0 Å². The first kappa shape index (κ1) is 17.2. The maximum absolute atomic E-state index is 11.9. The fraction of sp³-hybridized carbons (Fsp3) is 0.150. The van der Waals surface area contributed by atoms with Gasteiger partial charge in [-0.1, -0.05) is 54.6 Å². The number of thiophene rings is 1. The van der Waals surface area contributed by atoms with Crippen LogP contribution in [-0.2, 0) is 5.60 Å². The van der Waals surface area contributed by atoms with E-state index in [4.69, 9.17) is 0 Å². The van der Waals surface area contributed by atoms with Crippen LogP contribution in [0.1, 0.15) is 12.5 Å². The molecule has 2 amide bonds. The normalized spacial score (nSPS) is 13.0. The van der Waals surface area contributed by atoms with Crippen LogP contribution in [-0.4, -0.2) is 17.7 Å². The summed E-state index contributed by atoms with van der Waals surface area (Å²) in [5.41, 5.74) is 1.82. The fourth-order valence-electron chi connectivity index (χ4n) is 2.51. The van der Waals surface area contributed by atoms with E-state index >= 15 is 0 Å². The Hall–Kier alpha value is -2.63. The summed E-state index contributed by atoms with van der Waals surface area (Å²) < 4.78 is 0. The van der Waals surface area contributed by atoms with Gasteiger partial charge in [0.1, 0.15) is 5.60 Å². The van der Waals surface area contributed by atoms with E-state index in [1.807, 2.05) is 72.1 Å². The second kappa shape index (κ2) is 7.51. The average molecular weight is 352 g/mol. The molecule has 0 saturated heterocycles. The molecule has 3 rings (SSSR count). The van der Waals surface area contributed by atoms with E-state index in [0.29, 0.717) is 0 Å². The number of hydrogen-bond donors (Lipinski definition) is 3. The lowest BCUT2D eigenvalue weighted by Gasteiger charge is -2.24. The summed E-state index contributed by atoms with van der Waals surface area (Å²) in [5.74, 6) is 0. The van der Waals surface area contributed by atoms with Crippen molar-refractivity contribution < 1.29 is 9.90 Å². The largest absolute Gasteiger partial charge is 0.384 e. The predicted octanol–water partition coefficient (Wildman–Crippen LogP) is 4.44. The standard InChI is InChI=1S/C20H20N2O2S/c1-20(24,14-21-19(23)22-18-8-5-13-25-18)17-11-9-16(10-12-17)15-6-3-2-4-7-15/h2-13,24H,14H2,1H3,(H2,21,22,23)/t20-/m1/s1. The van der Waals surface area contributed by atoms with Crippen molar-refractivity contribution >= 4 is 22.4 Å². The van der Waals surface area contributed by atoms with Gasteiger partial charge in [0.2, 0.25) is 0 Å². The summed E-state index contributed by atoms with van der Waals surface area (Å²) >= 11 is 1.45. The number of nitrogens with one attached hydrogen (secondary N) is 2. The molecule has 0 spiro atoms. The zero-order valence-electron chi connectivity index (χ0n) is 13.9. The molecule has 1 aromatic heterocycles. The van der Waals surface area contributed by atoms with Gasteiger partial charge in [0.15, 0.2) is 0 Å². The van der Waals surface area contributed by atoms with Crippen LogP contribution >= 0.6 is 11.3 Å². The second-order valence-corrected chi connectivity index (χ2v) is 6.95. The number of hydrogen-bond acceptors (Lipinski definition) is 3. The van der Waals surface area contributed by atoms with E-state index in [1.165, 1.54) is 11.3 Å². The molecule has 25 heavy (non-hydrogen) atoms. The van der Waals surface area contributed by atoms with E-state index in [9.17, 15) is 9.90 Å². The minimum Gasteiger partial charge on any atom is -0.384 e. The summed E-state index contributed by atoms with van der Waals surface area (Å²) in [5, 5.41) is 18.8. The molecule has 4 nitrogen and oxygen atoms in total. The number of benzene rings is 2. The number of rotatable bonds is 5. The van der Waals surface area contributed by atoms with Crippen LogP contribution in [0.3, 0.4) is 0 Å². The molecule has 1 atom stereocenters. The maximum Gasteiger partial charge on any atom is 0.319 e. The van der Waals surface area contributed by atoms with E-state index < -0.39 is 5.60 Å². The molecular formula is C20H20N2O2S. The minimum absolute atomic E-state index is 0.120. The molecule has 2 aromatic carbocycles. The number of aliphatic hydroxyl groups is 1. The van der Waals surface area contributed by atoms with Gasteiger partial charge in [-0.2, -0.15) is 0 Å². The lowest BCUT2D eigenvalue weighted by molar-refractivity contribution is 0.0600. The lowest BCUT2D eigenvalue weighted by Crippen LogP contribution is -2.40. The lowest BCUT2D eigenvalue weighted by atomic mass is 9.94. The van der Waals surface area contributed by atoms with Gasteiger partial charge in [0, 0.05) is 0 Å². The maximum atomic E-state index is 11.9. The van der Waals surface area contributed by atoms with Gasteiger partial charge in [-0.25, -0.2) is 4.79 Å². The summed E-state index contributed by atoms with van der Waals surface area (Å²) in [6.07, 6.45) is 0. The van der Waals surface area contributed by atoms with Crippen molar-refractivity contribution in [1.82, 2.24) is 5.32 Å². The summed E-state index contributed by atoms with van der Waals surface area (Å²) in [4.78, 5) is 11.9. The monoisotopic (exact) mass is 352 g/mol. The van der Waals surface area contributed by atoms with Crippen molar-refractivity contribution in [3.63, 3.8) is 0 Å². The van der Waals surface area contributed by atoms with Crippen molar-refractivity contribution in [2.75, 3.05) is 11.9 Å². The molecule has 0 unspecified atom stereocenters. The first-order valence-electron chi connectivity index (χ1n) is 8.01. The molecule has 0 radical (unpaired) electrons. The van der Waals surface area contributed by atoms with Gasteiger partial charge in [0.25, 0.3) is 0 Å². The van der Waals surface area contributed by atoms with Crippen LogP contribution in [0.5, 0.6) is 0 Å². The Morgan fingerprint density at radius 2 is 1.68 bits per heavy atom. The van der Waals surface area contributed by atoms with E-state index in [0.717, 1.165) is 21.7 Å². The van der Waals surface area contributed by atoms with Gasteiger partial charge >= 0.3 is 6.03 Å². The number of anilines is 1. The van der Waals surface area contributed by atoms with Crippen LogP contribution in [0.25, 0.3) is 11.1 Å². The van der Waals surface area contributed by atoms with Crippen LogP contribution < -0.4 is 10.6 Å². The van der Waals surface area contributed by atoms with Crippen LogP contribution in [0.15, 0.2) is 72.1 Å². The molecule has 0 saturated carbocycles. The van der Waals surface area contributed by atoms with Crippen LogP contribution in [0.4, 0.5) is 9.80 Å². The fourth-order valence-corrected chi connectivity index (χ4v) is 3.13. The van der Waals surface area contributed by atoms with Crippen LogP contribution in [0.2, 0.25) is 0 Å². The third-order valence-electron chi connectivity index (χ3n) is 3.96. The molecule has 0 aliphatic heterocycles. The van der Waals surface area contributed by atoms with Crippen molar-refractivity contribution in [3.05, 3.63) is 77.7 Å². The predicted molar refractivity (Wildman–Crippen MR) is 103 cm³/mol. The van der Waals surface area contributed by atoms with Crippen molar-refractivity contribution in [1.29, 1.82) is 0 Å². The Labute approximate surface area is 151 Å². The third-order valence-corrected chi connectivity index (χ3v) is 4.75. The number of carbonyl (C=O) groups excluding carboxylic acids is 1. The second-order valence-electron chi connectivity index (χ2n) is 6.00. The van der Waals surface area contributed by atoms with E-state index in [2.05, 4.69) is 10.6 Å². The molecule has 3 aromatic rings. The summed E-state index contributed by atoms with van der Waals surface area (Å²) in [7, 11) is 0. The molecule has 128 valence electrons. The minimum atomic E-state index is -1.15. The van der Waals surface area contributed by atoms with E-state index in [-0.39, 0.29) is 12.6 Å². The van der Waals surface area contributed by atoms with Crippen molar-refractivity contribution in [2.45, 2.75) is 12.5 Å². The zero-order chi connectivity index (χ0) is 17.7. The van der Waals surface area contributed by atoms with E-state index in [1.54, 1.807) is 6.92 Å². The van der Waals surface area contributed by atoms with Crippen molar-refractivity contribution in [2.24, 2.45) is 0 Å². The van der Waals surface area contributed by atoms with Crippen molar-refractivity contribution in [3.8, 4) is 11.1 Å². The third kappa shape index (κ3) is 4.47. The van der Waals surface area contributed by atoms with Gasteiger partial charge in [0.05, 0.1) is 11.5 Å². The number of amides is 2. The Bertz CT molecular complexity index is 813. The molecule has 5 heteroatoms. The molecule has 1 heterocycles. The molecule has 0 fully saturated rings. The highest BCUT2D eigenvalue weighted by atomic mass is 32.1. The highest BCUT2D eigenvalue weighted by Gasteiger charge is 2.23. The Morgan fingerprint density at radius 3 is 2.32 bits per heavy atom. The smallest absolute Gasteiger partial charge is 0.319 e. The molecule has 0 aliphatic rings. The average Bonchev–Trinajstić information content (AvgIpc) is 3.14. The topological polar surface area (TPSA) is 61.4 Å². The van der Waals surface area contributed by atoms with Gasteiger partial charge in [-0.3, -0.25) is 5.32 Å². The first-order valence-corrected chi connectivity index (χ1v) is 8.89. The first-order chi connectivity index (χ1) is 12.0. The number of carbonyl (C=O) groups is 1. The van der Waals surface area contributed by atoms with Gasteiger partial charge < -0.3 is 10.4 Å². The Balaban J connectivity index is 1.62. The Morgan fingerprint density at radius 1 is 1.00 bits per heavy atom. The number of urea groups is 1. The Kier molecular flexibility index (Phi) is 5.16. The molecule has 3 N–H and O–H groups in total.